The number of amides is 1. The first-order chi connectivity index (χ1) is 10.1. The van der Waals surface area contributed by atoms with E-state index >= 15 is 0 Å². The van der Waals surface area contributed by atoms with Gasteiger partial charge in [0.25, 0.3) is 5.91 Å². The van der Waals surface area contributed by atoms with E-state index in [1.54, 1.807) is 18.2 Å². The molecule has 112 valence electrons. The molecule has 21 heavy (non-hydrogen) atoms. The standard InChI is InChI=1S/C16H18FNO2S/c17-11-5-4-8-14-10(11)9-15(21-14)16(20)18-12-6-2-1-3-7-13(12)19/h4-5,8-9,12-13,19H,1-3,6-7H2,(H,18,20). The lowest BCUT2D eigenvalue weighted by Crippen LogP contribution is -2.42. The molecule has 3 rings (SSSR count). The summed E-state index contributed by atoms with van der Waals surface area (Å²) in [5.74, 6) is -0.529. The van der Waals surface area contributed by atoms with E-state index in [1.807, 2.05) is 0 Å². The molecule has 0 bridgehead atoms. The molecule has 5 heteroatoms. The molecule has 3 nitrogen and oxygen atoms in total. The van der Waals surface area contributed by atoms with E-state index < -0.39 is 6.10 Å². The van der Waals surface area contributed by atoms with Gasteiger partial charge in [-0.1, -0.05) is 25.3 Å². The zero-order valence-corrected chi connectivity index (χ0v) is 12.5. The van der Waals surface area contributed by atoms with Crippen LogP contribution in [0.4, 0.5) is 4.39 Å². The number of nitrogens with one attached hydrogen (secondary N) is 1. The fourth-order valence-corrected chi connectivity index (χ4v) is 3.81. The number of hydrogen-bond acceptors (Lipinski definition) is 3. The van der Waals surface area contributed by atoms with Gasteiger partial charge in [-0.3, -0.25) is 4.79 Å². The number of rotatable bonds is 2. The minimum atomic E-state index is -0.484. The summed E-state index contributed by atoms with van der Waals surface area (Å²) < 4.78 is 14.4. The number of benzene rings is 1. The number of halogens is 1. The Hall–Kier alpha value is -1.46. The Bertz CT molecular complexity index is 655. The normalized spacial score (nSPS) is 23.0. The van der Waals surface area contributed by atoms with Gasteiger partial charge in [0, 0.05) is 10.1 Å². The molecular formula is C16H18FNO2S. The third kappa shape index (κ3) is 3.09. The van der Waals surface area contributed by atoms with Gasteiger partial charge in [-0.2, -0.15) is 0 Å². The van der Waals surface area contributed by atoms with Crippen molar-refractivity contribution in [3.05, 3.63) is 35.0 Å². The van der Waals surface area contributed by atoms with Crippen LogP contribution in [0.2, 0.25) is 0 Å². The quantitative estimate of drug-likeness (QED) is 0.835. The zero-order valence-electron chi connectivity index (χ0n) is 11.6. The van der Waals surface area contributed by atoms with Crippen LogP contribution in [0.1, 0.15) is 41.8 Å². The minimum absolute atomic E-state index is 0.199. The first kappa shape index (κ1) is 14.5. The molecule has 2 aromatic rings. The van der Waals surface area contributed by atoms with Crippen LogP contribution < -0.4 is 5.32 Å². The average molecular weight is 307 g/mol. The fourth-order valence-electron chi connectivity index (χ4n) is 2.83. The molecule has 1 aliphatic carbocycles. The second kappa shape index (κ2) is 6.12. The van der Waals surface area contributed by atoms with Gasteiger partial charge in [0.15, 0.2) is 0 Å². The molecule has 0 saturated heterocycles. The van der Waals surface area contributed by atoms with Crippen molar-refractivity contribution >= 4 is 27.3 Å². The molecule has 0 radical (unpaired) electrons. The van der Waals surface area contributed by atoms with Crippen molar-refractivity contribution < 1.29 is 14.3 Å². The Kier molecular flexibility index (Phi) is 4.22. The Morgan fingerprint density at radius 1 is 1.29 bits per heavy atom. The molecule has 1 aliphatic rings. The number of thiophene rings is 1. The highest BCUT2D eigenvalue weighted by Gasteiger charge is 2.24. The van der Waals surface area contributed by atoms with Crippen LogP contribution in [0.3, 0.4) is 0 Å². The van der Waals surface area contributed by atoms with Gasteiger partial charge in [-0.05, 0) is 31.0 Å². The number of aliphatic hydroxyl groups is 1. The first-order valence-corrected chi connectivity index (χ1v) is 8.14. The summed E-state index contributed by atoms with van der Waals surface area (Å²) in [6, 6.07) is 6.24. The summed E-state index contributed by atoms with van der Waals surface area (Å²) in [6.45, 7) is 0. The number of hydrogen-bond donors (Lipinski definition) is 2. The van der Waals surface area contributed by atoms with Crippen molar-refractivity contribution in [2.75, 3.05) is 0 Å². The van der Waals surface area contributed by atoms with Gasteiger partial charge in [-0.15, -0.1) is 11.3 Å². The Morgan fingerprint density at radius 2 is 2.10 bits per heavy atom. The lowest BCUT2D eigenvalue weighted by molar-refractivity contribution is 0.0822. The Balaban J connectivity index is 1.78. The lowest BCUT2D eigenvalue weighted by Gasteiger charge is -2.21. The smallest absolute Gasteiger partial charge is 0.261 e. The van der Waals surface area contributed by atoms with Gasteiger partial charge in [0.2, 0.25) is 0 Å². The first-order valence-electron chi connectivity index (χ1n) is 7.32. The topological polar surface area (TPSA) is 49.3 Å². The van der Waals surface area contributed by atoms with E-state index in [4.69, 9.17) is 0 Å². The monoisotopic (exact) mass is 307 g/mol. The average Bonchev–Trinajstić information content (AvgIpc) is 2.81. The van der Waals surface area contributed by atoms with Gasteiger partial charge in [0.05, 0.1) is 17.0 Å². The number of carbonyl (C=O) groups is 1. The van der Waals surface area contributed by atoms with Crippen LogP contribution in [0.25, 0.3) is 10.1 Å². The lowest BCUT2D eigenvalue weighted by atomic mass is 10.1. The van der Waals surface area contributed by atoms with E-state index in [0.29, 0.717) is 10.3 Å². The Labute approximate surface area is 126 Å². The number of fused-ring (bicyclic) bond motifs is 1. The zero-order chi connectivity index (χ0) is 14.8. The second-order valence-corrected chi connectivity index (χ2v) is 6.63. The van der Waals surface area contributed by atoms with Gasteiger partial charge in [0.1, 0.15) is 5.82 Å². The summed E-state index contributed by atoms with van der Waals surface area (Å²) in [6.07, 6.45) is 4.16. The molecule has 2 N–H and O–H groups in total. The van der Waals surface area contributed by atoms with Crippen LogP contribution >= 0.6 is 11.3 Å². The van der Waals surface area contributed by atoms with Gasteiger partial charge < -0.3 is 10.4 Å². The molecule has 1 aromatic heterocycles. The maximum atomic E-state index is 13.7. The van der Waals surface area contributed by atoms with Crippen LogP contribution in [0.15, 0.2) is 24.3 Å². The molecule has 1 saturated carbocycles. The molecule has 1 aromatic carbocycles. The predicted octanol–water partition coefficient (Wildman–Crippen LogP) is 3.46. The van der Waals surface area contributed by atoms with Crippen molar-refractivity contribution in [2.45, 2.75) is 44.2 Å². The van der Waals surface area contributed by atoms with E-state index in [2.05, 4.69) is 5.32 Å². The van der Waals surface area contributed by atoms with E-state index in [9.17, 15) is 14.3 Å². The molecule has 1 amide bonds. The number of aliphatic hydroxyl groups excluding tert-OH is 1. The molecular weight excluding hydrogens is 289 g/mol. The molecule has 2 unspecified atom stereocenters. The highest BCUT2D eigenvalue weighted by Crippen LogP contribution is 2.28. The highest BCUT2D eigenvalue weighted by atomic mass is 32.1. The van der Waals surface area contributed by atoms with Gasteiger partial charge >= 0.3 is 0 Å². The van der Waals surface area contributed by atoms with E-state index in [0.717, 1.165) is 36.8 Å². The third-order valence-corrected chi connectivity index (χ3v) is 5.13. The van der Waals surface area contributed by atoms with Crippen LogP contribution in [-0.2, 0) is 0 Å². The largest absolute Gasteiger partial charge is 0.391 e. The minimum Gasteiger partial charge on any atom is -0.391 e. The van der Waals surface area contributed by atoms with Crippen molar-refractivity contribution in [3.8, 4) is 0 Å². The molecule has 1 heterocycles. The third-order valence-electron chi connectivity index (χ3n) is 4.03. The SMILES string of the molecule is O=C(NC1CCCCCC1O)c1cc2c(F)cccc2s1. The van der Waals surface area contributed by atoms with Crippen LogP contribution in [0.5, 0.6) is 0 Å². The van der Waals surface area contributed by atoms with Crippen molar-refractivity contribution in [2.24, 2.45) is 0 Å². The molecule has 0 spiro atoms. The van der Waals surface area contributed by atoms with E-state index in [-0.39, 0.29) is 17.8 Å². The second-order valence-electron chi connectivity index (χ2n) is 5.55. The highest BCUT2D eigenvalue weighted by molar-refractivity contribution is 7.20. The molecule has 1 fully saturated rings. The number of carbonyl (C=O) groups excluding carboxylic acids is 1. The Morgan fingerprint density at radius 3 is 2.90 bits per heavy atom. The van der Waals surface area contributed by atoms with E-state index in [1.165, 1.54) is 17.4 Å². The maximum Gasteiger partial charge on any atom is 0.261 e. The maximum absolute atomic E-state index is 13.7. The van der Waals surface area contributed by atoms with Crippen molar-refractivity contribution in [1.29, 1.82) is 0 Å². The summed E-state index contributed by atoms with van der Waals surface area (Å²) in [4.78, 5) is 12.8. The summed E-state index contributed by atoms with van der Waals surface area (Å²) >= 11 is 1.28. The molecule has 2 atom stereocenters. The summed E-state index contributed by atoms with van der Waals surface area (Å²) in [5.41, 5.74) is 0. The van der Waals surface area contributed by atoms with Crippen molar-refractivity contribution in [1.82, 2.24) is 5.32 Å². The molecule has 0 aliphatic heterocycles. The van der Waals surface area contributed by atoms with Crippen molar-refractivity contribution in [3.63, 3.8) is 0 Å². The summed E-state index contributed by atoms with van der Waals surface area (Å²) in [5, 5.41) is 13.4. The van der Waals surface area contributed by atoms with Gasteiger partial charge in [-0.25, -0.2) is 4.39 Å². The fraction of sp³-hybridized carbons (Fsp3) is 0.438. The van der Waals surface area contributed by atoms with Crippen LogP contribution in [0, 0.1) is 5.82 Å². The summed E-state index contributed by atoms with van der Waals surface area (Å²) in [7, 11) is 0. The predicted molar refractivity (Wildman–Crippen MR) is 82.1 cm³/mol. The van der Waals surface area contributed by atoms with Crippen LogP contribution in [-0.4, -0.2) is 23.2 Å².